The van der Waals surface area contributed by atoms with Gasteiger partial charge in [0, 0.05) is 6.54 Å². The third kappa shape index (κ3) is 2.77. The van der Waals surface area contributed by atoms with Crippen molar-refractivity contribution in [2.24, 2.45) is 5.92 Å². The number of halogens is 1. The van der Waals surface area contributed by atoms with Crippen LogP contribution in [0.1, 0.15) is 18.4 Å². The molecular formula is C14H13FN2. The van der Waals surface area contributed by atoms with Crippen molar-refractivity contribution in [3.05, 3.63) is 29.6 Å². The molecule has 3 heteroatoms. The summed E-state index contributed by atoms with van der Waals surface area (Å²) in [6, 6.07) is 6.27. The van der Waals surface area contributed by atoms with E-state index in [2.05, 4.69) is 5.92 Å². The summed E-state index contributed by atoms with van der Waals surface area (Å²) in [6.07, 6.45) is 7.76. The third-order valence-electron chi connectivity index (χ3n) is 2.88. The Morgan fingerprint density at radius 1 is 1.47 bits per heavy atom. The molecule has 2 rings (SSSR count). The van der Waals surface area contributed by atoms with Crippen LogP contribution in [-0.2, 0) is 0 Å². The van der Waals surface area contributed by atoms with E-state index in [-0.39, 0.29) is 0 Å². The van der Waals surface area contributed by atoms with Crippen LogP contribution in [-0.4, -0.2) is 13.1 Å². The Labute approximate surface area is 101 Å². The minimum absolute atomic E-state index is 0.348. The van der Waals surface area contributed by atoms with Gasteiger partial charge in [-0.25, -0.2) is 4.39 Å². The minimum Gasteiger partial charge on any atom is -0.359 e. The van der Waals surface area contributed by atoms with Crippen molar-refractivity contribution in [2.75, 3.05) is 18.0 Å². The Bertz CT molecular complexity index is 492. The third-order valence-corrected chi connectivity index (χ3v) is 2.88. The molecule has 0 unspecified atom stereocenters. The van der Waals surface area contributed by atoms with E-state index in [9.17, 15) is 4.39 Å². The van der Waals surface area contributed by atoms with Crippen molar-refractivity contribution in [3.63, 3.8) is 0 Å². The van der Waals surface area contributed by atoms with E-state index >= 15 is 0 Å². The molecule has 1 fully saturated rings. The van der Waals surface area contributed by atoms with Crippen molar-refractivity contribution in [1.82, 2.24) is 0 Å². The van der Waals surface area contributed by atoms with Crippen LogP contribution in [0.15, 0.2) is 18.2 Å². The topological polar surface area (TPSA) is 27.0 Å². The summed E-state index contributed by atoms with van der Waals surface area (Å²) in [5.74, 6) is 2.86. The van der Waals surface area contributed by atoms with E-state index in [1.54, 1.807) is 6.07 Å². The number of benzene rings is 1. The van der Waals surface area contributed by atoms with E-state index < -0.39 is 5.82 Å². The maximum atomic E-state index is 13.0. The fourth-order valence-electron chi connectivity index (χ4n) is 1.84. The van der Waals surface area contributed by atoms with Gasteiger partial charge in [-0.2, -0.15) is 5.26 Å². The molecule has 1 aliphatic carbocycles. The van der Waals surface area contributed by atoms with Gasteiger partial charge in [0.1, 0.15) is 11.9 Å². The maximum absolute atomic E-state index is 13.0. The summed E-state index contributed by atoms with van der Waals surface area (Å²) in [5.41, 5.74) is 1.08. The number of rotatable bonds is 4. The number of anilines is 1. The van der Waals surface area contributed by atoms with Crippen LogP contribution < -0.4 is 4.90 Å². The molecule has 0 aromatic heterocycles. The normalized spacial score (nSPS) is 13.8. The van der Waals surface area contributed by atoms with Crippen molar-refractivity contribution in [2.45, 2.75) is 12.8 Å². The van der Waals surface area contributed by atoms with E-state index in [0.717, 1.165) is 12.2 Å². The zero-order valence-electron chi connectivity index (χ0n) is 9.49. The van der Waals surface area contributed by atoms with Gasteiger partial charge in [0.05, 0.1) is 17.8 Å². The van der Waals surface area contributed by atoms with Gasteiger partial charge in [0.2, 0.25) is 0 Å². The Morgan fingerprint density at radius 2 is 2.24 bits per heavy atom. The highest BCUT2D eigenvalue weighted by Gasteiger charge is 2.25. The molecule has 0 bridgehead atoms. The van der Waals surface area contributed by atoms with Crippen LogP contribution in [0.25, 0.3) is 0 Å². The minimum atomic E-state index is -0.391. The van der Waals surface area contributed by atoms with Gasteiger partial charge < -0.3 is 4.90 Å². The highest BCUT2D eigenvalue weighted by molar-refractivity contribution is 5.60. The molecule has 1 aromatic rings. The summed E-state index contributed by atoms with van der Waals surface area (Å²) in [7, 11) is 0. The van der Waals surface area contributed by atoms with Gasteiger partial charge in [-0.3, -0.25) is 0 Å². The zero-order chi connectivity index (χ0) is 12.3. The average molecular weight is 228 g/mol. The lowest BCUT2D eigenvalue weighted by atomic mass is 10.1. The summed E-state index contributed by atoms with van der Waals surface area (Å²) in [6.45, 7) is 1.31. The number of nitriles is 1. The number of terminal acetylenes is 1. The second-order valence-corrected chi connectivity index (χ2v) is 4.30. The largest absolute Gasteiger partial charge is 0.359 e. The Morgan fingerprint density at radius 3 is 2.82 bits per heavy atom. The Kier molecular flexibility index (Phi) is 3.30. The standard InChI is InChI=1S/C14H13FN2/c1-2-7-17(10-11-3-4-11)14-6-5-13(15)8-12(14)9-16/h1,5-6,8,11H,3-4,7,10H2. The average Bonchev–Trinajstić information content (AvgIpc) is 3.12. The molecule has 1 aromatic carbocycles. The highest BCUT2D eigenvalue weighted by Crippen LogP contribution is 2.32. The number of hydrogen-bond donors (Lipinski definition) is 0. The van der Waals surface area contributed by atoms with Gasteiger partial charge in [-0.05, 0) is 37.0 Å². The molecule has 17 heavy (non-hydrogen) atoms. The van der Waals surface area contributed by atoms with Gasteiger partial charge >= 0.3 is 0 Å². The van der Waals surface area contributed by atoms with Gasteiger partial charge in [0.15, 0.2) is 0 Å². The highest BCUT2D eigenvalue weighted by atomic mass is 19.1. The van der Waals surface area contributed by atoms with Gasteiger partial charge in [-0.1, -0.05) is 5.92 Å². The zero-order valence-corrected chi connectivity index (χ0v) is 9.49. The Balaban J connectivity index is 2.28. The van der Waals surface area contributed by atoms with Crippen molar-refractivity contribution < 1.29 is 4.39 Å². The van der Waals surface area contributed by atoms with Gasteiger partial charge in [0.25, 0.3) is 0 Å². The summed E-state index contributed by atoms with van der Waals surface area (Å²) >= 11 is 0. The van der Waals surface area contributed by atoms with E-state index in [0.29, 0.717) is 18.0 Å². The molecule has 0 atom stereocenters. The summed E-state index contributed by atoms with van der Waals surface area (Å²) < 4.78 is 13.0. The van der Waals surface area contributed by atoms with E-state index in [4.69, 9.17) is 11.7 Å². The molecule has 1 aliphatic rings. The molecule has 2 nitrogen and oxygen atoms in total. The van der Waals surface area contributed by atoms with Crippen LogP contribution in [0.5, 0.6) is 0 Å². The number of nitrogens with zero attached hydrogens (tertiary/aromatic N) is 2. The van der Waals surface area contributed by atoms with Crippen molar-refractivity contribution >= 4 is 5.69 Å². The lowest BCUT2D eigenvalue weighted by molar-refractivity contribution is 0.626. The first kappa shape index (κ1) is 11.5. The quantitative estimate of drug-likeness (QED) is 0.740. The van der Waals surface area contributed by atoms with Gasteiger partial charge in [-0.15, -0.1) is 6.42 Å². The first-order chi connectivity index (χ1) is 8.24. The van der Waals surface area contributed by atoms with Crippen molar-refractivity contribution in [1.29, 1.82) is 5.26 Å². The second-order valence-electron chi connectivity index (χ2n) is 4.30. The van der Waals surface area contributed by atoms with Crippen molar-refractivity contribution in [3.8, 4) is 18.4 Å². The monoisotopic (exact) mass is 228 g/mol. The second kappa shape index (κ2) is 4.89. The molecule has 0 radical (unpaired) electrons. The smallest absolute Gasteiger partial charge is 0.124 e. The Hall–Kier alpha value is -2.00. The summed E-state index contributed by atoms with van der Waals surface area (Å²) in [4.78, 5) is 1.98. The SMILES string of the molecule is C#CCN(CC1CC1)c1ccc(F)cc1C#N. The first-order valence-corrected chi connectivity index (χ1v) is 5.62. The fraction of sp³-hybridized carbons (Fsp3) is 0.357. The lowest BCUT2D eigenvalue weighted by Crippen LogP contribution is -2.26. The number of hydrogen-bond acceptors (Lipinski definition) is 2. The molecule has 0 N–H and O–H groups in total. The van der Waals surface area contributed by atoms with Crippen LogP contribution in [0.3, 0.4) is 0 Å². The van der Waals surface area contributed by atoms with Crippen LogP contribution >= 0.6 is 0 Å². The molecule has 0 saturated heterocycles. The first-order valence-electron chi connectivity index (χ1n) is 5.62. The maximum Gasteiger partial charge on any atom is 0.124 e. The molecule has 0 spiro atoms. The van der Waals surface area contributed by atoms with Crippen LogP contribution in [0.2, 0.25) is 0 Å². The lowest BCUT2D eigenvalue weighted by Gasteiger charge is -2.23. The predicted octanol–water partition coefficient (Wildman–Crippen LogP) is 2.55. The molecular weight excluding hydrogens is 215 g/mol. The molecule has 1 saturated carbocycles. The summed E-state index contributed by atoms with van der Waals surface area (Å²) in [5, 5.41) is 9.01. The van der Waals surface area contributed by atoms with Crippen LogP contribution in [0, 0.1) is 35.4 Å². The van der Waals surface area contributed by atoms with E-state index in [1.165, 1.54) is 25.0 Å². The van der Waals surface area contributed by atoms with Crippen LogP contribution in [0.4, 0.5) is 10.1 Å². The fourth-order valence-corrected chi connectivity index (χ4v) is 1.84. The molecule has 0 aliphatic heterocycles. The molecule has 86 valence electrons. The predicted molar refractivity (Wildman–Crippen MR) is 64.9 cm³/mol. The molecule has 0 heterocycles. The molecule has 0 amide bonds. The van der Waals surface area contributed by atoms with E-state index in [1.807, 2.05) is 11.0 Å².